The molecule has 0 aliphatic heterocycles. The Balaban J connectivity index is 1.97. The minimum Gasteiger partial charge on any atom is -0.365 e. The molecule has 0 radical (unpaired) electrons. The van der Waals surface area contributed by atoms with Gasteiger partial charge in [-0.15, -0.1) is 11.6 Å². The van der Waals surface area contributed by atoms with Crippen molar-refractivity contribution in [2.24, 2.45) is 0 Å². The number of pyridine rings is 1. The second-order valence-electron chi connectivity index (χ2n) is 5.73. The minimum atomic E-state index is -0.678. The summed E-state index contributed by atoms with van der Waals surface area (Å²) < 4.78 is 0. The van der Waals surface area contributed by atoms with Crippen molar-refractivity contribution in [3.8, 4) is 0 Å². The molecule has 1 heterocycles. The van der Waals surface area contributed by atoms with Crippen LogP contribution in [-0.4, -0.2) is 21.3 Å². The van der Waals surface area contributed by atoms with Crippen molar-refractivity contribution in [3.63, 3.8) is 0 Å². The lowest BCUT2D eigenvalue weighted by atomic mass is 10.1. The van der Waals surface area contributed by atoms with Crippen LogP contribution >= 0.6 is 11.6 Å². The van der Waals surface area contributed by atoms with Gasteiger partial charge in [-0.2, -0.15) is 0 Å². The van der Waals surface area contributed by atoms with Gasteiger partial charge in [0.1, 0.15) is 10.7 Å². The highest BCUT2D eigenvalue weighted by Crippen LogP contribution is 2.43. The molecule has 2 N–H and O–H groups in total. The van der Waals surface area contributed by atoms with Crippen molar-refractivity contribution >= 4 is 29.0 Å². The number of hydrogen-bond donors (Lipinski definition) is 2. The number of alkyl halides is 1. The Morgan fingerprint density at radius 3 is 2.50 bits per heavy atom. The second-order valence-corrected chi connectivity index (χ2v) is 6.45. The van der Waals surface area contributed by atoms with E-state index in [2.05, 4.69) is 36.4 Å². The zero-order valence-electron chi connectivity index (χ0n) is 10.9. The predicted octanol–water partition coefficient (Wildman–Crippen LogP) is 3.00. The molecule has 1 amide bonds. The Bertz CT molecular complexity index is 446. The van der Waals surface area contributed by atoms with Crippen LogP contribution in [0.5, 0.6) is 0 Å². The molecule has 1 aromatic rings. The number of aromatic nitrogens is 1. The summed E-state index contributed by atoms with van der Waals surface area (Å²) in [7, 11) is 0. The smallest absolute Gasteiger partial charge is 0.245 e. The minimum absolute atomic E-state index is 0.0357. The largest absolute Gasteiger partial charge is 0.365 e. The summed E-state index contributed by atoms with van der Waals surface area (Å²) in [5.41, 5.74) is 0.637. The molecule has 0 unspecified atom stereocenters. The van der Waals surface area contributed by atoms with Crippen molar-refractivity contribution in [2.45, 2.75) is 44.0 Å². The number of nitrogens with one attached hydrogen (secondary N) is 2. The molecule has 1 fully saturated rings. The van der Waals surface area contributed by atoms with Gasteiger partial charge in [0, 0.05) is 5.54 Å². The summed E-state index contributed by atoms with van der Waals surface area (Å²) in [6, 6.07) is 3.66. The molecule has 1 aliphatic rings. The van der Waals surface area contributed by atoms with Gasteiger partial charge in [0.2, 0.25) is 5.91 Å². The molecule has 0 atom stereocenters. The number of halogens is 1. The number of hydrogen-bond acceptors (Lipinski definition) is 3. The molecular weight excluding hydrogens is 250 g/mol. The Kier molecular flexibility index (Phi) is 3.23. The third-order valence-electron chi connectivity index (χ3n) is 2.62. The topological polar surface area (TPSA) is 54.0 Å². The van der Waals surface area contributed by atoms with Crippen molar-refractivity contribution in [1.29, 1.82) is 0 Å². The summed E-state index contributed by atoms with van der Waals surface area (Å²) in [6.07, 6.45) is 3.13. The van der Waals surface area contributed by atoms with Crippen LogP contribution in [0.25, 0.3) is 0 Å². The maximum atomic E-state index is 11.7. The number of carbonyl (C=O) groups excluding carboxylic acids is 1. The molecule has 2 rings (SSSR count). The monoisotopic (exact) mass is 267 g/mol. The normalized spacial score (nSPS) is 17.1. The van der Waals surface area contributed by atoms with E-state index in [0.717, 1.165) is 18.7 Å². The van der Waals surface area contributed by atoms with Crippen molar-refractivity contribution in [1.82, 2.24) is 4.98 Å². The van der Waals surface area contributed by atoms with E-state index in [-0.39, 0.29) is 11.4 Å². The molecule has 4 nitrogen and oxygen atoms in total. The van der Waals surface area contributed by atoms with Gasteiger partial charge in [0.05, 0.1) is 11.9 Å². The zero-order valence-corrected chi connectivity index (χ0v) is 11.6. The van der Waals surface area contributed by atoms with E-state index < -0.39 is 4.87 Å². The van der Waals surface area contributed by atoms with Crippen LogP contribution in [0.3, 0.4) is 0 Å². The van der Waals surface area contributed by atoms with Gasteiger partial charge in [-0.25, -0.2) is 4.98 Å². The molecule has 0 spiro atoms. The predicted molar refractivity (Wildman–Crippen MR) is 74.1 cm³/mol. The fraction of sp³-hybridized carbons (Fsp3) is 0.538. The summed E-state index contributed by atoms with van der Waals surface area (Å²) in [6.45, 7) is 6.19. The first-order valence-electron chi connectivity index (χ1n) is 6.03. The number of carbonyl (C=O) groups is 1. The highest BCUT2D eigenvalue weighted by Gasteiger charge is 2.48. The number of nitrogens with zero attached hydrogens (tertiary/aromatic N) is 1. The van der Waals surface area contributed by atoms with Crippen LogP contribution in [-0.2, 0) is 4.79 Å². The first-order valence-corrected chi connectivity index (χ1v) is 6.41. The average Bonchev–Trinajstić information content (AvgIpc) is 2.99. The van der Waals surface area contributed by atoms with Gasteiger partial charge >= 0.3 is 0 Å². The van der Waals surface area contributed by atoms with Crippen LogP contribution in [0.15, 0.2) is 18.3 Å². The molecule has 0 bridgehead atoms. The Morgan fingerprint density at radius 1 is 1.39 bits per heavy atom. The first-order chi connectivity index (χ1) is 8.28. The average molecular weight is 268 g/mol. The zero-order chi connectivity index (χ0) is 13.4. The van der Waals surface area contributed by atoms with Crippen LogP contribution in [0.1, 0.15) is 33.6 Å². The number of rotatable bonds is 3. The molecule has 5 heteroatoms. The van der Waals surface area contributed by atoms with Gasteiger partial charge < -0.3 is 10.6 Å². The molecular formula is C13H18ClN3O. The quantitative estimate of drug-likeness (QED) is 0.828. The fourth-order valence-electron chi connectivity index (χ4n) is 1.51. The lowest BCUT2D eigenvalue weighted by Gasteiger charge is -2.21. The second kappa shape index (κ2) is 4.43. The first kappa shape index (κ1) is 13.1. The Labute approximate surface area is 112 Å². The van der Waals surface area contributed by atoms with Crippen LogP contribution in [0, 0.1) is 0 Å². The molecule has 0 aromatic carbocycles. The summed E-state index contributed by atoms with van der Waals surface area (Å²) in [4.78, 5) is 15.3. The molecule has 0 saturated heterocycles. The van der Waals surface area contributed by atoms with Crippen LogP contribution in [0.4, 0.5) is 11.5 Å². The van der Waals surface area contributed by atoms with E-state index in [0.29, 0.717) is 5.69 Å². The van der Waals surface area contributed by atoms with Crippen LogP contribution in [0.2, 0.25) is 0 Å². The van der Waals surface area contributed by atoms with Gasteiger partial charge in [-0.1, -0.05) is 0 Å². The van der Waals surface area contributed by atoms with Crippen molar-refractivity contribution < 1.29 is 4.79 Å². The summed E-state index contributed by atoms with van der Waals surface area (Å²) >= 11 is 6.02. The molecule has 1 aromatic heterocycles. The molecule has 1 saturated carbocycles. The number of anilines is 2. The third kappa shape index (κ3) is 3.35. The maximum absolute atomic E-state index is 11.7. The van der Waals surface area contributed by atoms with E-state index in [1.807, 2.05) is 12.1 Å². The van der Waals surface area contributed by atoms with Gasteiger partial charge in [-0.05, 0) is 45.7 Å². The summed E-state index contributed by atoms with van der Waals surface area (Å²) in [5.74, 6) is 0.648. The van der Waals surface area contributed by atoms with Gasteiger partial charge in [0.25, 0.3) is 0 Å². The number of amides is 1. The van der Waals surface area contributed by atoms with E-state index in [1.54, 1.807) is 6.20 Å². The lowest BCUT2D eigenvalue weighted by molar-refractivity contribution is -0.116. The van der Waals surface area contributed by atoms with Gasteiger partial charge in [-0.3, -0.25) is 4.79 Å². The van der Waals surface area contributed by atoms with E-state index in [1.165, 1.54) is 0 Å². The Morgan fingerprint density at radius 2 is 2.06 bits per heavy atom. The Hall–Kier alpha value is -1.29. The maximum Gasteiger partial charge on any atom is 0.245 e. The highest BCUT2D eigenvalue weighted by molar-refractivity contribution is 6.38. The summed E-state index contributed by atoms with van der Waals surface area (Å²) in [5, 5.41) is 6.03. The fourth-order valence-corrected chi connectivity index (χ4v) is 1.65. The van der Waals surface area contributed by atoms with E-state index >= 15 is 0 Å². The van der Waals surface area contributed by atoms with E-state index in [9.17, 15) is 4.79 Å². The third-order valence-corrected chi connectivity index (χ3v) is 3.17. The molecule has 1 aliphatic carbocycles. The van der Waals surface area contributed by atoms with Crippen LogP contribution < -0.4 is 10.6 Å². The highest BCUT2D eigenvalue weighted by atomic mass is 35.5. The SMILES string of the molecule is CC(C)(C)Nc1ccc(NC(=O)C2(Cl)CC2)cn1. The van der Waals surface area contributed by atoms with Crippen molar-refractivity contribution in [2.75, 3.05) is 10.6 Å². The standard InChI is InChI=1S/C13H18ClN3O/c1-12(2,3)17-10-5-4-9(8-15-10)16-11(18)13(14)6-7-13/h4-5,8H,6-7H2,1-3H3,(H,15,17)(H,16,18). The van der Waals surface area contributed by atoms with E-state index in [4.69, 9.17) is 11.6 Å². The van der Waals surface area contributed by atoms with Gasteiger partial charge in [0.15, 0.2) is 0 Å². The van der Waals surface area contributed by atoms with Crippen molar-refractivity contribution in [3.05, 3.63) is 18.3 Å². The lowest BCUT2D eigenvalue weighted by Crippen LogP contribution is -2.27. The molecule has 98 valence electrons. The molecule has 18 heavy (non-hydrogen) atoms.